The van der Waals surface area contributed by atoms with E-state index < -0.39 is 10.2 Å². The molecule has 2 aromatic rings. The number of anilines is 1. The molecule has 120 valence electrons. The van der Waals surface area contributed by atoms with Gasteiger partial charge in [0, 0.05) is 37.6 Å². The Balaban J connectivity index is 1.65. The van der Waals surface area contributed by atoms with E-state index in [4.69, 9.17) is 0 Å². The van der Waals surface area contributed by atoms with Crippen LogP contribution >= 0.6 is 0 Å². The van der Waals surface area contributed by atoms with Gasteiger partial charge in [-0.25, -0.2) is 9.50 Å². The Hall–Kier alpha value is -1.71. The second-order valence-electron chi connectivity index (χ2n) is 5.71. The third-order valence-electron chi connectivity index (χ3n) is 3.48. The van der Waals surface area contributed by atoms with E-state index in [0.29, 0.717) is 18.9 Å². The molecule has 0 spiro atoms. The third-order valence-corrected chi connectivity index (χ3v) is 5.26. The number of imidazole rings is 1. The van der Waals surface area contributed by atoms with Crippen molar-refractivity contribution in [3.8, 4) is 0 Å². The lowest BCUT2D eigenvalue weighted by molar-refractivity contribution is 0.456. The van der Waals surface area contributed by atoms with Crippen molar-refractivity contribution in [2.24, 2.45) is 0 Å². The zero-order valence-electron chi connectivity index (χ0n) is 12.6. The minimum absolute atomic E-state index is 0.0530. The zero-order valence-corrected chi connectivity index (χ0v) is 13.4. The Morgan fingerprint density at radius 3 is 2.95 bits per heavy atom. The van der Waals surface area contributed by atoms with Crippen molar-refractivity contribution in [2.75, 3.05) is 18.4 Å². The van der Waals surface area contributed by atoms with Crippen molar-refractivity contribution in [1.29, 1.82) is 0 Å². The Kier molecular flexibility index (Phi) is 4.02. The fraction of sp³-hybridized carbons (Fsp3) is 0.538. The summed E-state index contributed by atoms with van der Waals surface area (Å²) in [5.74, 6) is 0.714. The first-order chi connectivity index (χ1) is 10.4. The molecule has 1 atom stereocenters. The lowest BCUT2D eigenvalue weighted by Gasteiger charge is -2.19. The van der Waals surface area contributed by atoms with E-state index in [-0.39, 0.29) is 12.1 Å². The molecule has 0 aliphatic carbocycles. The van der Waals surface area contributed by atoms with Gasteiger partial charge < -0.3 is 5.32 Å². The number of fused-ring (bicyclic) bond motifs is 1. The molecule has 2 aromatic heterocycles. The third kappa shape index (κ3) is 3.21. The number of rotatable bonds is 5. The van der Waals surface area contributed by atoms with Gasteiger partial charge in [-0.15, -0.1) is 5.10 Å². The summed E-state index contributed by atoms with van der Waals surface area (Å²) >= 11 is 0. The van der Waals surface area contributed by atoms with Gasteiger partial charge in [-0.05, 0) is 32.4 Å². The van der Waals surface area contributed by atoms with E-state index in [1.165, 1.54) is 4.31 Å². The van der Waals surface area contributed by atoms with Gasteiger partial charge in [0.15, 0.2) is 5.65 Å². The Morgan fingerprint density at radius 1 is 1.36 bits per heavy atom. The summed E-state index contributed by atoms with van der Waals surface area (Å²) < 4.78 is 30.0. The summed E-state index contributed by atoms with van der Waals surface area (Å²) in [5, 5.41) is 7.68. The quantitative estimate of drug-likeness (QED) is 0.833. The highest BCUT2D eigenvalue weighted by atomic mass is 32.2. The lowest BCUT2D eigenvalue weighted by atomic mass is 10.2. The highest BCUT2D eigenvalue weighted by Crippen LogP contribution is 2.17. The fourth-order valence-electron chi connectivity index (χ4n) is 2.54. The summed E-state index contributed by atoms with van der Waals surface area (Å²) in [5.41, 5.74) is 0.780. The Labute approximate surface area is 129 Å². The van der Waals surface area contributed by atoms with E-state index in [0.717, 1.165) is 12.1 Å². The molecule has 22 heavy (non-hydrogen) atoms. The van der Waals surface area contributed by atoms with E-state index in [1.807, 2.05) is 26.0 Å². The van der Waals surface area contributed by atoms with Crippen LogP contribution in [0.4, 0.5) is 5.82 Å². The van der Waals surface area contributed by atoms with Crippen LogP contribution in [0.3, 0.4) is 0 Å². The summed E-state index contributed by atoms with van der Waals surface area (Å²) in [6.45, 7) is 4.57. The summed E-state index contributed by atoms with van der Waals surface area (Å²) in [4.78, 5) is 4.14. The maximum absolute atomic E-state index is 12.1. The predicted molar refractivity (Wildman–Crippen MR) is 83.8 cm³/mol. The SMILES string of the molecule is CC(C)NS(=O)(=O)N1CCC(Nc2ccc3nccn3n2)C1. The molecule has 0 aromatic carbocycles. The smallest absolute Gasteiger partial charge is 0.279 e. The van der Waals surface area contributed by atoms with Gasteiger partial charge in [0.05, 0.1) is 0 Å². The largest absolute Gasteiger partial charge is 0.365 e. The molecule has 1 unspecified atom stereocenters. The first kappa shape index (κ1) is 15.2. The number of nitrogens with one attached hydrogen (secondary N) is 2. The Bertz CT molecular complexity index is 757. The van der Waals surface area contributed by atoms with Crippen LogP contribution in [-0.4, -0.2) is 52.5 Å². The molecule has 1 fully saturated rings. The average molecular weight is 324 g/mol. The van der Waals surface area contributed by atoms with Crippen molar-refractivity contribution in [2.45, 2.75) is 32.4 Å². The van der Waals surface area contributed by atoms with Crippen molar-refractivity contribution in [3.05, 3.63) is 24.5 Å². The van der Waals surface area contributed by atoms with Crippen molar-refractivity contribution in [1.82, 2.24) is 23.6 Å². The van der Waals surface area contributed by atoms with Crippen LogP contribution in [0.5, 0.6) is 0 Å². The molecule has 9 heteroatoms. The van der Waals surface area contributed by atoms with Gasteiger partial charge in [-0.3, -0.25) is 0 Å². The van der Waals surface area contributed by atoms with E-state index in [2.05, 4.69) is 20.1 Å². The molecule has 0 saturated carbocycles. The maximum Gasteiger partial charge on any atom is 0.279 e. The van der Waals surface area contributed by atoms with Crippen LogP contribution in [-0.2, 0) is 10.2 Å². The monoisotopic (exact) mass is 324 g/mol. The van der Waals surface area contributed by atoms with Crippen LogP contribution < -0.4 is 10.0 Å². The van der Waals surface area contributed by atoms with Gasteiger partial charge in [0.2, 0.25) is 0 Å². The number of hydrogen-bond acceptors (Lipinski definition) is 5. The fourth-order valence-corrected chi connectivity index (χ4v) is 4.00. The molecule has 0 bridgehead atoms. The predicted octanol–water partition coefficient (Wildman–Crippen LogP) is 0.458. The van der Waals surface area contributed by atoms with Crippen molar-refractivity contribution >= 4 is 21.7 Å². The maximum atomic E-state index is 12.1. The highest BCUT2D eigenvalue weighted by Gasteiger charge is 2.31. The first-order valence-corrected chi connectivity index (χ1v) is 8.72. The van der Waals surface area contributed by atoms with Crippen molar-refractivity contribution in [3.63, 3.8) is 0 Å². The molecule has 3 heterocycles. The van der Waals surface area contributed by atoms with Gasteiger partial charge in [0.1, 0.15) is 5.82 Å². The molecule has 3 rings (SSSR count). The molecule has 1 aliphatic rings. The minimum atomic E-state index is -3.40. The molecule has 1 saturated heterocycles. The standard InChI is InChI=1S/C13H20N6O2S/c1-10(2)17-22(20,21)18-7-5-11(9-18)15-12-3-4-13-14-6-8-19(13)16-12/h3-4,6,8,10-11,17H,5,7,9H2,1-2H3,(H,15,16). The van der Waals surface area contributed by atoms with Crippen LogP contribution in [0.2, 0.25) is 0 Å². The molecular formula is C13H20N6O2S. The minimum Gasteiger partial charge on any atom is -0.365 e. The molecule has 0 radical (unpaired) electrons. The van der Waals surface area contributed by atoms with Crippen molar-refractivity contribution < 1.29 is 8.42 Å². The molecule has 0 amide bonds. The topological polar surface area (TPSA) is 91.6 Å². The number of hydrogen-bond donors (Lipinski definition) is 2. The lowest BCUT2D eigenvalue weighted by Crippen LogP contribution is -2.43. The normalized spacial score (nSPS) is 20.0. The van der Waals surface area contributed by atoms with E-state index in [9.17, 15) is 8.42 Å². The van der Waals surface area contributed by atoms with E-state index in [1.54, 1.807) is 16.9 Å². The van der Waals surface area contributed by atoms with Gasteiger partial charge in [-0.2, -0.15) is 17.4 Å². The molecular weight excluding hydrogens is 304 g/mol. The van der Waals surface area contributed by atoms with Crippen LogP contribution in [0.1, 0.15) is 20.3 Å². The summed E-state index contributed by atoms with van der Waals surface area (Å²) in [6, 6.07) is 3.67. The van der Waals surface area contributed by atoms with Crippen LogP contribution in [0, 0.1) is 0 Å². The summed E-state index contributed by atoms with van der Waals surface area (Å²) in [7, 11) is -3.40. The molecule has 1 aliphatic heterocycles. The second-order valence-corrected chi connectivity index (χ2v) is 7.42. The van der Waals surface area contributed by atoms with Gasteiger partial charge >= 0.3 is 0 Å². The number of nitrogens with zero attached hydrogens (tertiary/aromatic N) is 4. The molecule has 2 N–H and O–H groups in total. The van der Waals surface area contributed by atoms with Gasteiger partial charge in [0.25, 0.3) is 10.2 Å². The number of aromatic nitrogens is 3. The molecule has 8 nitrogen and oxygen atoms in total. The average Bonchev–Trinajstić information content (AvgIpc) is 3.05. The zero-order chi connectivity index (χ0) is 15.7. The van der Waals surface area contributed by atoms with Crippen LogP contribution in [0.15, 0.2) is 24.5 Å². The Morgan fingerprint density at radius 2 is 2.18 bits per heavy atom. The second kappa shape index (κ2) is 5.82. The van der Waals surface area contributed by atoms with E-state index >= 15 is 0 Å². The summed E-state index contributed by atoms with van der Waals surface area (Å²) in [6.07, 6.45) is 4.22. The first-order valence-electron chi connectivity index (χ1n) is 7.28. The highest BCUT2D eigenvalue weighted by molar-refractivity contribution is 7.87. The van der Waals surface area contributed by atoms with Crippen LogP contribution in [0.25, 0.3) is 5.65 Å². The van der Waals surface area contributed by atoms with Gasteiger partial charge in [-0.1, -0.05) is 0 Å².